The Balaban J connectivity index is 1.50. The van der Waals surface area contributed by atoms with Crippen molar-refractivity contribution in [2.45, 2.75) is 38.4 Å². The van der Waals surface area contributed by atoms with E-state index in [0.29, 0.717) is 18.3 Å². The van der Waals surface area contributed by atoms with Crippen molar-refractivity contribution in [3.05, 3.63) is 59.4 Å². The maximum absolute atomic E-state index is 13.2. The Morgan fingerprint density at radius 1 is 1.40 bits per heavy atom. The molecule has 1 aromatic carbocycles. The first-order valence-electron chi connectivity index (χ1n) is 10.6. The van der Waals surface area contributed by atoms with Gasteiger partial charge in [-0.15, -0.1) is 6.58 Å². The van der Waals surface area contributed by atoms with Gasteiger partial charge in [0.2, 0.25) is 0 Å². The number of methoxy groups -OCH3 is 1. The molecule has 1 aliphatic carbocycles. The zero-order chi connectivity index (χ0) is 20.9. The molecule has 1 aromatic heterocycles. The molecule has 0 saturated carbocycles. The van der Waals surface area contributed by atoms with Crippen LogP contribution in [0.15, 0.2) is 36.9 Å². The van der Waals surface area contributed by atoms with Gasteiger partial charge in [-0.3, -0.25) is 9.48 Å². The van der Waals surface area contributed by atoms with Crippen molar-refractivity contribution < 1.29 is 9.53 Å². The third-order valence-electron chi connectivity index (χ3n) is 5.88. The van der Waals surface area contributed by atoms with Gasteiger partial charge in [0.1, 0.15) is 5.75 Å². The molecular weight excluding hydrogens is 396 g/mol. The summed E-state index contributed by atoms with van der Waals surface area (Å²) in [6.45, 7) is 6.91. The highest BCUT2D eigenvalue weighted by molar-refractivity contribution is 7.99. The van der Waals surface area contributed by atoms with Gasteiger partial charge >= 0.3 is 0 Å². The number of nitrogens with zero attached hydrogens (tertiary/aromatic N) is 3. The lowest BCUT2D eigenvalue weighted by atomic mass is 9.91. The second-order valence-electron chi connectivity index (χ2n) is 7.82. The number of ether oxygens (including phenoxy) is 1. The van der Waals surface area contributed by atoms with E-state index in [1.807, 2.05) is 39.6 Å². The fraction of sp³-hybridized carbons (Fsp3) is 0.478. The quantitative estimate of drug-likeness (QED) is 0.690. The molecule has 0 radical (unpaired) electrons. The molecule has 0 spiro atoms. The fourth-order valence-electron chi connectivity index (χ4n) is 4.27. The van der Waals surface area contributed by atoms with E-state index in [1.54, 1.807) is 7.11 Å². The van der Waals surface area contributed by atoms with Crippen LogP contribution in [0.2, 0.25) is 0 Å². The monoisotopic (exact) mass is 426 g/mol. The Morgan fingerprint density at radius 2 is 2.23 bits per heavy atom. The van der Waals surface area contributed by atoms with Crippen LogP contribution in [0.25, 0.3) is 0 Å². The smallest absolute Gasteiger partial charge is 0.274 e. The molecular formula is C23H30N4O2S. The van der Waals surface area contributed by atoms with Crippen molar-refractivity contribution in [2.75, 3.05) is 31.7 Å². The van der Waals surface area contributed by atoms with E-state index < -0.39 is 0 Å². The van der Waals surface area contributed by atoms with Gasteiger partial charge < -0.3 is 15.0 Å². The summed E-state index contributed by atoms with van der Waals surface area (Å²) in [4.78, 5) is 15.2. The molecule has 2 aromatic rings. The van der Waals surface area contributed by atoms with Gasteiger partial charge in [-0.1, -0.05) is 18.2 Å². The topological polar surface area (TPSA) is 59.4 Å². The Kier molecular flexibility index (Phi) is 6.79. The molecule has 1 unspecified atom stereocenters. The lowest BCUT2D eigenvalue weighted by Crippen LogP contribution is -2.39. The van der Waals surface area contributed by atoms with E-state index in [1.165, 1.54) is 11.3 Å². The highest BCUT2D eigenvalue weighted by Crippen LogP contribution is 2.27. The van der Waals surface area contributed by atoms with Gasteiger partial charge in [0.05, 0.1) is 13.7 Å². The molecule has 1 aliphatic heterocycles. The summed E-state index contributed by atoms with van der Waals surface area (Å²) in [6.07, 6.45) is 4.65. The van der Waals surface area contributed by atoms with Gasteiger partial charge in [-0.05, 0) is 37.0 Å². The largest absolute Gasteiger partial charge is 0.497 e. The third kappa shape index (κ3) is 4.57. The summed E-state index contributed by atoms with van der Waals surface area (Å²) >= 11 is 1.91. The molecule has 1 atom stereocenters. The van der Waals surface area contributed by atoms with Crippen molar-refractivity contribution in [1.29, 1.82) is 0 Å². The third-order valence-corrected chi connectivity index (χ3v) is 6.82. The van der Waals surface area contributed by atoms with Crippen molar-refractivity contribution >= 4 is 17.7 Å². The maximum atomic E-state index is 13.2. The van der Waals surface area contributed by atoms with Crippen LogP contribution in [-0.4, -0.2) is 58.3 Å². The molecule has 160 valence electrons. The Labute approximate surface area is 182 Å². The zero-order valence-corrected chi connectivity index (χ0v) is 18.4. The number of fused-ring (bicyclic) bond motifs is 1. The van der Waals surface area contributed by atoms with Crippen LogP contribution < -0.4 is 10.1 Å². The molecule has 1 fully saturated rings. The molecule has 2 heterocycles. The molecule has 0 bridgehead atoms. The SMILES string of the molecule is C=CCn1nc(C(=O)N2CCSCC2)c2c1CCC(NCc1cccc(OC)c1)C2. The Bertz CT molecular complexity index is 905. The van der Waals surface area contributed by atoms with E-state index in [-0.39, 0.29) is 5.91 Å². The number of aromatic nitrogens is 2. The van der Waals surface area contributed by atoms with Crippen LogP contribution in [0.1, 0.15) is 33.7 Å². The zero-order valence-electron chi connectivity index (χ0n) is 17.6. The number of carbonyl (C=O) groups excluding carboxylic acids is 1. The van der Waals surface area contributed by atoms with Gasteiger partial charge in [-0.2, -0.15) is 16.9 Å². The lowest BCUT2D eigenvalue weighted by molar-refractivity contribution is 0.0764. The number of hydrogen-bond donors (Lipinski definition) is 1. The molecule has 30 heavy (non-hydrogen) atoms. The average Bonchev–Trinajstić information content (AvgIpc) is 3.16. The predicted octanol–water partition coefficient (Wildman–Crippen LogP) is 2.91. The molecule has 1 amide bonds. The minimum absolute atomic E-state index is 0.0859. The average molecular weight is 427 g/mol. The lowest BCUT2D eigenvalue weighted by Gasteiger charge is -2.27. The summed E-state index contributed by atoms with van der Waals surface area (Å²) in [5.41, 5.74) is 4.16. The minimum atomic E-state index is 0.0859. The fourth-order valence-corrected chi connectivity index (χ4v) is 5.17. The van der Waals surface area contributed by atoms with Crippen LogP contribution in [0, 0.1) is 0 Å². The molecule has 2 aliphatic rings. The number of thioether (sulfide) groups is 1. The van der Waals surface area contributed by atoms with Crippen LogP contribution in [0.4, 0.5) is 0 Å². The molecule has 4 rings (SSSR count). The first-order valence-corrected chi connectivity index (χ1v) is 11.8. The number of hydrogen-bond acceptors (Lipinski definition) is 5. The van der Waals surface area contributed by atoms with E-state index in [9.17, 15) is 4.79 Å². The normalized spacial score (nSPS) is 18.7. The highest BCUT2D eigenvalue weighted by Gasteiger charge is 2.31. The van der Waals surface area contributed by atoms with Crippen LogP contribution in [0.5, 0.6) is 5.75 Å². The van der Waals surface area contributed by atoms with Gasteiger partial charge in [0.15, 0.2) is 5.69 Å². The van der Waals surface area contributed by atoms with Crippen molar-refractivity contribution in [3.63, 3.8) is 0 Å². The van der Waals surface area contributed by atoms with Crippen LogP contribution >= 0.6 is 11.8 Å². The first kappa shape index (κ1) is 21.0. The van der Waals surface area contributed by atoms with Gasteiger partial charge in [0.25, 0.3) is 5.91 Å². The summed E-state index contributed by atoms with van der Waals surface area (Å²) in [5, 5.41) is 8.41. The molecule has 1 N–H and O–H groups in total. The maximum Gasteiger partial charge on any atom is 0.274 e. The highest BCUT2D eigenvalue weighted by atomic mass is 32.2. The summed E-state index contributed by atoms with van der Waals surface area (Å²) in [6, 6.07) is 8.47. The molecule has 7 heteroatoms. The van der Waals surface area contributed by atoms with Gasteiger partial charge in [-0.25, -0.2) is 0 Å². The van der Waals surface area contributed by atoms with Crippen LogP contribution in [0.3, 0.4) is 0 Å². The van der Waals surface area contributed by atoms with Crippen molar-refractivity contribution in [3.8, 4) is 5.75 Å². The minimum Gasteiger partial charge on any atom is -0.497 e. The second-order valence-corrected chi connectivity index (χ2v) is 9.05. The summed E-state index contributed by atoms with van der Waals surface area (Å²) in [7, 11) is 1.69. The first-order chi connectivity index (χ1) is 14.7. The summed E-state index contributed by atoms with van der Waals surface area (Å²) in [5.74, 6) is 2.97. The predicted molar refractivity (Wildman–Crippen MR) is 121 cm³/mol. The van der Waals surface area contributed by atoms with E-state index in [0.717, 1.165) is 61.7 Å². The number of allylic oxidation sites excluding steroid dienone is 1. The van der Waals surface area contributed by atoms with Crippen molar-refractivity contribution in [2.24, 2.45) is 0 Å². The van der Waals surface area contributed by atoms with E-state index >= 15 is 0 Å². The second kappa shape index (κ2) is 9.71. The number of carbonyl (C=O) groups is 1. The van der Waals surface area contributed by atoms with E-state index in [4.69, 9.17) is 9.84 Å². The van der Waals surface area contributed by atoms with Crippen LogP contribution in [-0.2, 0) is 25.9 Å². The molecule has 6 nitrogen and oxygen atoms in total. The van der Waals surface area contributed by atoms with Gasteiger partial charge in [0, 0.05) is 48.4 Å². The Morgan fingerprint density at radius 3 is 3.00 bits per heavy atom. The molecule has 1 saturated heterocycles. The summed E-state index contributed by atoms with van der Waals surface area (Å²) < 4.78 is 7.31. The van der Waals surface area contributed by atoms with E-state index in [2.05, 4.69) is 24.0 Å². The number of rotatable bonds is 7. The standard InChI is InChI=1S/C23H30N4O2S/c1-3-9-27-21-8-7-18(24-16-17-5-4-6-19(14-17)29-2)15-20(21)22(25-27)23(28)26-10-12-30-13-11-26/h3-6,14,18,24H,1,7-13,15-16H2,2H3. The Hall–Kier alpha value is -2.25. The number of nitrogens with one attached hydrogen (secondary N) is 1. The number of amides is 1. The van der Waals surface area contributed by atoms with Crippen molar-refractivity contribution in [1.82, 2.24) is 20.0 Å². The number of benzene rings is 1.